The van der Waals surface area contributed by atoms with Crippen LogP contribution in [0.15, 0.2) is 59.7 Å². The van der Waals surface area contributed by atoms with Crippen LogP contribution in [0.4, 0.5) is 0 Å². The van der Waals surface area contributed by atoms with E-state index in [1.165, 1.54) is 88.9 Å². The first-order valence-electron chi connectivity index (χ1n) is 18.1. The van der Waals surface area contributed by atoms with Crippen LogP contribution in [0.5, 0.6) is 0 Å². The van der Waals surface area contributed by atoms with Gasteiger partial charge in [0.05, 0.1) is 5.57 Å². The zero-order chi connectivity index (χ0) is 33.1. The predicted octanol–water partition coefficient (Wildman–Crippen LogP) is 10.2. The Labute approximate surface area is 297 Å². The predicted molar refractivity (Wildman–Crippen MR) is 208 cm³/mol. The fraction of sp³-hybridized carbons (Fsp3) is 0.500. The first-order chi connectivity index (χ1) is 22.8. The first kappa shape index (κ1) is 34.7. The number of likely N-dealkylation sites (tertiary alicyclic amines) is 1. The summed E-state index contributed by atoms with van der Waals surface area (Å²) in [5.41, 5.74) is 3.06. The summed E-state index contributed by atoms with van der Waals surface area (Å²) in [5, 5.41) is 3.33. The minimum atomic E-state index is -2.08. The average Bonchev–Trinajstić information content (AvgIpc) is 3.82. The van der Waals surface area contributed by atoms with Crippen LogP contribution >= 0.6 is 35.3 Å². The number of carbonyl (C=O) groups excluding carboxylic acids is 2. The van der Waals surface area contributed by atoms with Gasteiger partial charge in [0, 0.05) is 36.5 Å². The third kappa shape index (κ3) is 6.59. The van der Waals surface area contributed by atoms with E-state index in [9.17, 15) is 9.59 Å². The number of fused-ring (bicyclic) bond motifs is 3. The molecule has 250 valence electrons. The molecular weight excluding hydrogens is 651 g/mol. The third-order valence-corrected chi connectivity index (χ3v) is 20.4. The normalized spacial score (nSPS) is 22.3. The summed E-state index contributed by atoms with van der Waals surface area (Å²) in [4.78, 5) is 35.1. The second-order valence-electron chi connectivity index (χ2n) is 14.0. The molecule has 0 spiro atoms. The van der Waals surface area contributed by atoms with Crippen molar-refractivity contribution in [1.82, 2.24) is 4.90 Å². The standard InChI is InChI=1S/C40H51NO2S3Si/c1-5-8-17-28(6-2)26-47(30-21-13-10-14-22-30)33-24-27(4)45-37(33)38-34(47)25-32(46-38)36(44)35-31(7-3)39(42)41(40(35)43)23-16-15-20-29-18-11-9-12-19-29/h7,9,11-12,18-19,24-25,28,30,44H,5-6,8,10,13-17,20-23,26H2,1-4H3/b31-7?,36-35+. The maximum Gasteiger partial charge on any atom is 0.262 e. The van der Waals surface area contributed by atoms with Crippen molar-refractivity contribution in [2.45, 2.75) is 116 Å². The molecule has 0 radical (unpaired) electrons. The Morgan fingerprint density at radius 1 is 0.979 bits per heavy atom. The summed E-state index contributed by atoms with van der Waals surface area (Å²) in [6, 6.07) is 16.8. The van der Waals surface area contributed by atoms with Crippen LogP contribution in [0.1, 0.15) is 107 Å². The van der Waals surface area contributed by atoms with Crippen LogP contribution in [0.2, 0.25) is 11.6 Å². The first-order valence-corrected chi connectivity index (χ1v) is 22.5. The Morgan fingerprint density at radius 3 is 2.40 bits per heavy atom. The molecule has 2 atom stereocenters. The highest BCUT2D eigenvalue weighted by atomic mass is 32.1. The van der Waals surface area contributed by atoms with E-state index in [2.05, 4.69) is 57.2 Å². The highest BCUT2D eigenvalue weighted by molar-refractivity contribution is 7.91. The van der Waals surface area contributed by atoms with E-state index in [0.29, 0.717) is 22.6 Å². The fourth-order valence-electron chi connectivity index (χ4n) is 8.65. The van der Waals surface area contributed by atoms with Gasteiger partial charge in [0.25, 0.3) is 11.8 Å². The number of carbonyl (C=O) groups is 2. The second kappa shape index (κ2) is 15.1. The molecule has 2 amide bonds. The van der Waals surface area contributed by atoms with Crippen LogP contribution < -0.4 is 10.4 Å². The van der Waals surface area contributed by atoms with E-state index in [4.69, 9.17) is 12.6 Å². The number of hydrogen-bond acceptors (Lipinski definition) is 5. The molecule has 0 bridgehead atoms. The van der Waals surface area contributed by atoms with Gasteiger partial charge in [-0.25, -0.2) is 0 Å². The highest BCUT2D eigenvalue weighted by Crippen LogP contribution is 2.51. The van der Waals surface area contributed by atoms with Crippen LogP contribution in [-0.2, 0) is 16.0 Å². The van der Waals surface area contributed by atoms with Crippen molar-refractivity contribution < 1.29 is 9.59 Å². The summed E-state index contributed by atoms with van der Waals surface area (Å²) < 4.78 is 0. The molecule has 3 nitrogen and oxygen atoms in total. The van der Waals surface area contributed by atoms with Gasteiger partial charge < -0.3 is 0 Å². The molecule has 4 heterocycles. The molecule has 2 aliphatic heterocycles. The van der Waals surface area contributed by atoms with E-state index < -0.39 is 8.07 Å². The summed E-state index contributed by atoms with van der Waals surface area (Å²) >= 11 is 8.92. The third-order valence-electron chi connectivity index (χ3n) is 11.1. The number of benzene rings is 1. The molecule has 1 saturated carbocycles. The van der Waals surface area contributed by atoms with Gasteiger partial charge in [-0.2, -0.15) is 0 Å². The summed E-state index contributed by atoms with van der Waals surface area (Å²) in [5.74, 6) is 0.390. The van der Waals surface area contributed by atoms with Crippen molar-refractivity contribution in [3.8, 4) is 9.75 Å². The lowest BCUT2D eigenvalue weighted by molar-refractivity contribution is -0.136. The van der Waals surface area contributed by atoms with Gasteiger partial charge in [0.2, 0.25) is 0 Å². The number of thiol groups is 1. The zero-order valence-electron chi connectivity index (χ0n) is 28.7. The number of unbranched alkanes of at least 4 members (excludes halogenated alkanes) is 2. The lowest BCUT2D eigenvalue weighted by atomic mass is 10.00. The number of nitrogens with zero attached hydrogens (tertiary/aromatic N) is 1. The Bertz CT molecular complexity index is 1660. The zero-order valence-corrected chi connectivity index (χ0v) is 32.2. The molecule has 1 aromatic carbocycles. The van der Waals surface area contributed by atoms with Gasteiger partial charge in [-0.05, 0) is 78.7 Å². The van der Waals surface area contributed by atoms with Crippen LogP contribution in [0.25, 0.3) is 14.7 Å². The summed E-state index contributed by atoms with van der Waals surface area (Å²) in [6.07, 6.45) is 16.4. The summed E-state index contributed by atoms with van der Waals surface area (Å²) in [7, 11) is -2.08. The average molecular weight is 702 g/mol. The molecule has 6 rings (SSSR count). The quantitative estimate of drug-likeness (QED) is 0.0633. The maximum atomic E-state index is 14.0. The van der Waals surface area contributed by atoms with Crippen LogP contribution in [0.3, 0.4) is 0 Å². The Kier molecular flexibility index (Phi) is 11.2. The van der Waals surface area contributed by atoms with Crippen molar-refractivity contribution in [2.24, 2.45) is 5.92 Å². The highest BCUT2D eigenvalue weighted by Gasteiger charge is 2.53. The van der Waals surface area contributed by atoms with Crippen molar-refractivity contribution in [3.63, 3.8) is 0 Å². The number of aryl methyl sites for hydroxylation is 2. The van der Waals surface area contributed by atoms with E-state index in [0.717, 1.165) is 35.6 Å². The fourth-order valence-corrected chi connectivity index (χ4v) is 19.6. The number of imide groups is 1. The van der Waals surface area contributed by atoms with Gasteiger partial charge in [-0.1, -0.05) is 108 Å². The van der Waals surface area contributed by atoms with Crippen molar-refractivity contribution in [1.29, 1.82) is 0 Å². The van der Waals surface area contributed by atoms with Crippen molar-refractivity contribution in [2.75, 3.05) is 6.54 Å². The molecule has 2 unspecified atom stereocenters. The topological polar surface area (TPSA) is 37.4 Å². The number of amides is 2. The molecule has 2 fully saturated rings. The molecule has 1 aliphatic carbocycles. The van der Waals surface area contributed by atoms with Gasteiger partial charge in [0.15, 0.2) is 0 Å². The van der Waals surface area contributed by atoms with Gasteiger partial charge in [0.1, 0.15) is 8.07 Å². The minimum Gasteiger partial charge on any atom is -0.274 e. The molecule has 7 heteroatoms. The van der Waals surface area contributed by atoms with Crippen LogP contribution in [0, 0.1) is 12.8 Å². The van der Waals surface area contributed by atoms with E-state index >= 15 is 0 Å². The van der Waals surface area contributed by atoms with Crippen molar-refractivity contribution >= 4 is 70.5 Å². The number of hydrogen-bond donors (Lipinski definition) is 1. The Hall–Kier alpha value is -2.19. The maximum absolute atomic E-state index is 14.0. The number of rotatable bonds is 13. The lowest BCUT2D eigenvalue weighted by Gasteiger charge is -2.41. The monoisotopic (exact) mass is 701 g/mol. The summed E-state index contributed by atoms with van der Waals surface area (Å²) in [6.45, 7) is 9.33. The molecule has 3 aliphatic rings. The van der Waals surface area contributed by atoms with E-state index in [1.807, 2.05) is 41.7 Å². The van der Waals surface area contributed by atoms with Crippen molar-refractivity contribution in [3.05, 3.63) is 75.0 Å². The largest absolute Gasteiger partial charge is 0.274 e. The minimum absolute atomic E-state index is 0.174. The lowest BCUT2D eigenvalue weighted by Crippen LogP contribution is -2.59. The molecule has 3 aromatic rings. The molecule has 0 N–H and O–H groups in total. The molecule has 1 saturated heterocycles. The van der Waals surface area contributed by atoms with Gasteiger partial charge in [-0.15, -0.1) is 35.3 Å². The molecule has 2 aromatic heterocycles. The SMILES string of the molecule is CC=C1C(=O)N(CCCCc2ccccc2)C(=O)/C1=C(/S)c1cc2c(s1)-c1sc(C)cc1[Si]2(CC(CC)CCCC)C1CCCCC1. The smallest absolute Gasteiger partial charge is 0.262 e. The van der Waals surface area contributed by atoms with E-state index in [-0.39, 0.29) is 11.8 Å². The Balaban J connectivity index is 1.36. The van der Waals surface area contributed by atoms with Gasteiger partial charge in [-0.3, -0.25) is 14.5 Å². The number of thiophene rings is 2. The van der Waals surface area contributed by atoms with Gasteiger partial charge >= 0.3 is 0 Å². The van der Waals surface area contributed by atoms with Crippen LogP contribution in [-0.4, -0.2) is 31.3 Å². The molecular formula is C40H51NO2S3Si. The van der Waals surface area contributed by atoms with E-state index in [1.54, 1.807) is 10.4 Å². The number of allylic oxidation sites excluding steroid dienone is 1. The Morgan fingerprint density at radius 2 is 1.70 bits per heavy atom. The molecule has 47 heavy (non-hydrogen) atoms. The second-order valence-corrected chi connectivity index (χ2v) is 21.0.